The third kappa shape index (κ3) is 3.75. The number of Topliss-reactive ketones (excluding diaryl/α,β-unsaturated/α-hetero) is 1. The van der Waals surface area contributed by atoms with E-state index in [4.69, 9.17) is 5.10 Å². The maximum Gasteiger partial charge on any atom is 0.287 e. The van der Waals surface area contributed by atoms with Crippen LogP contribution in [0, 0.1) is 5.92 Å². The van der Waals surface area contributed by atoms with E-state index >= 15 is 0 Å². The minimum Gasteiger partial charge on any atom is -0.294 e. The van der Waals surface area contributed by atoms with E-state index in [1.54, 1.807) is 0 Å². The lowest BCUT2D eigenvalue weighted by molar-refractivity contribution is 0.101. The summed E-state index contributed by atoms with van der Waals surface area (Å²) in [6.07, 6.45) is 2.29. The third-order valence-corrected chi connectivity index (χ3v) is 5.74. The van der Waals surface area contributed by atoms with Crippen molar-refractivity contribution >= 4 is 22.2 Å². The minimum atomic E-state index is -0.307. The van der Waals surface area contributed by atoms with Gasteiger partial charge < -0.3 is 0 Å². The van der Waals surface area contributed by atoms with Crippen LogP contribution >= 0.6 is 0 Å². The van der Waals surface area contributed by atoms with Crippen LogP contribution in [0.3, 0.4) is 0 Å². The van der Waals surface area contributed by atoms with Crippen molar-refractivity contribution in [3.63, 3.8) is 0 Å². The molecule has 5 heteroatoms. The monoisotopic (exact) mass is 409 g/mol. The van der Waals surface area contributed by atoms with Crippen molar-refractivity contribution in [2.75, 3.05) is 11.6 Å². The fourth-order valence-electron chi connectivity index (χ4n) is 3.95. The zero-order valence-corrected chi connectivity index (χ0v) is 17.4. The maximum absolute atomic E-state index is 13.2. The van der Waals surface area contributed by atoms with Gasteiger partial charge in [-0.2, -0.15) is 0 Å². The SMILES string of the molecule is CC(=O)c1cc(=O)n(N(CC2CC2)c2cccc3ccccc23)nc1-c1ccccc1. The van der Waals surface area contributed by atoms with Crippen molar-refractivity contribution in [3.05, 3.63) is 94.8 Å². The summed E-state index contributed by atoms with van der Waals surface area (Å²) in [4.78, 5) is 26.9. The first-order valence-corrected chi connectivity index (χ1v) is 10.6. The first kappa shape index (κ1) is 19.2. The van der Waals surface area contributed by atoms with Gasteiger partial charge in [0, 0.05) is 23.6 Å². The van der Waals surface area contributed by atoms with Crippen LogP contribution in [0.1, 0.15) is 30.1 Å². The van der Waals surface area contributed by atoms with Gasteiger partial charge in [0.2, 0.25) is 0 Å². The summed E-state index contributed by atoms with van der Waals surface area (Å²) in [6, 6.07) is 25.2. The first-order chi connectivity index (χ1) is 15.1. The zero-order chi connectivity index (χ0) is 21.4. The summed E-state index contributed by atoms with van der Waals surface area (Å²) in [5.74, 6) is 0.356. The molecule has 0 amide bonds. The molecule has 0 spiro atoms. The summed E-state index contributed by atoms with van der Waals surface area (Å²) in [5, 5.41) is 8.88. The predicted octanol–water partition coefficient (Wildman–Crippen LogP) is 4.95. The lowest BCUT2D eigenvalue weighted by Crippen LogP contribution is -2.42. The second-order valence-electron chi connectivity index (χ2n) is 8.08. The summed E-state index contributed by atoms with van der Waals surface area (Å²) in [7, 11) is 0. The third-order valence-electron chi connectivity index (χ3n) is 5.74. The average molecular weight is 409 g/mol. The van der Waals surface area contributed by atoms with Gasteiger partial charge in [0.1, 0.15) is 5.69 Å². The van der Waals surface area contributed by atoms with Crippen molar-refractivity contribution in [3.8, 4) is 11.3 Å². The van der Waals surface area contributed by atoms with Crippen molar-refractivity contribution in [2.45, 2.75) is 19.8 Å². The van der Waals surface area contributed by atoms with E-state index in [0.29, 0.717) is 23.7 Å². The van der Waals surface area contributed by atoms with Crippen molar-refractivity contribution in [1.29, 1.82) is 0 Å². The smallest absolute Gasteiger partial charge is 0.287 e. The van der Waals surface area contributed by atoms with Crippen LogP contribution < -0.4 is 10.6 Å². The molecule has 0 unspecified atom stereocenters. The van der Waals surface area contributed by atoms with Crippen LogP contribution in [-0.4, -0.2) is 22.2 Å². The van der Waals surface area contributed by atoms with Gasteiger partial charge in [0.15, 0.2) is 5.78 Å². The Kier molecular flexibility index (Phi) is 4.86. The van der Waals surface area contributed by atoms with E-state index in [1.165, 1.54) is 17.8 Å². The molecule has 1 aromatic heterocycles. The van der Waals surface area contributed by atoms with E-state index in [1.807, 2.05) is 59.6 Å². The molecule has 0 saturated heterocycles. The van der Waals surface area contributed by atoms with E-state index in [0.717, 1.165) is 34.9 Å². The van der Waals surface area contributed by atoms with Gasteiger partial charge in [-0.15, -0.1) is 9.89 Å². The molecule has 1 heterocycles. The number of carbonyl (C=O) groups excluding carboxylic acids is 1. The van der Waals surface area contributed by atoms with Gasteiger partial charge in [-0.3, -0.25) is 14.6 Å². The van der Waals surface area contributed by atoms with Crippen molar-refractivity contribution in [2.24, 2.45) is 5.92 Å². The van der Waals surface area contributed by atoms with Crippen LogP contribution in [-0.2, 0) is 0 Å². The maximum atomic E-state index is 13.2. The van der Waals surface area contributed by atoms with Gasteiger partial charge in [0.25, 0.3) is 5.56 Å². The van der Waals surface area contributed by atoms with E-state index in [-0.39, 0.29) is 11.3 Å². The molecule has 0 aliphatic heterocycles. The second kappa shape index (κ2) is 7.84. The molecule has 1 aliphatic carbocycles. The molecule has 0 radical (unpaired) electrons. The Morgan fingerprint density at radius 1 is 1.00 bits per heavy atom. The lowest BCUT2D eigenvalue weighted by atomic mass is 10.0. The summed E-state index contributed by atoms with van der Waals surface area (Å²) in [6.45, 7) is 2.18. The minimum absolute atomic E-state index is 0.172. The average Bonchev–Trinajstić information content (AvgIpc) is 3.62. The fourth-order valence-corrected chi connectivity index (χ4v) is 3.95. The number of carbonyl (C=O) groups is 1. The molecule has 3 aromatic carbocycles. The lowest BCUT2D eigenvalue weighted by Gasteiger charge is -2.27. The molecule has 5 nitrogen and oxygen atoms in total. The molecule has 4 aromatic rings. The number of benzene rings is 3. The highest BCUT2D eigenvalue weighted by atomic mass is 16.1. The molecule has 31 heavy (non-hydrogen) atoms. The molecule has 1 saturated carbocycles. The Bertz CT molecular complexity index is 1320. The molecular formula is C26H23N3O2. The number of anilines is 1. The van der Waals surface area contributed by atoms with Crippen LogP contribution in [0.5, 0.6) is 0 Å². The molecule has 0 N–H and O–H groups in total. The van der Waals surface area contributed by atoms with Crippen LogP contribution in [0.25, 0.3) is 22.0 Å². The fraction of sp³-hybridized carbons (Fsp3) is 0.192. The topological polar surface area (TPSA) is 55.2 Å². The number of hydrogen-bond donors (Lipinski definition) is 0. The highest BCUT2D eigenvalue weighted by molar-refractivity contribution is 5.99. The Balaban J connectivity index is 1.73. The number of nitrogens with zero attached hydrogens (tertiary/aromatic N) is 3. The van der Waals surface area contributed by atoms with Crippen molar-refractivity contribution in [1.82, 2.24) is 9.89 Å². The van der Waals surface area contributed by atoms with Gasteiger partial charge >= 0.3 is 0 Å². The molecule has 0 bridgehead atoms. The van der Waals surface area contributed by atoms with Crippen molar-refractivity contribution < 1.29 is 4.79 Å². The van der Waals surface area contributed by atoms with Gasteiger partial charge in [0.05, 0.1) is 11.3 Å². The van der Waals surface area contributed by atoms with E-state index in [9.17, 15) is 9.59 Å². The summed E-state index contributed by atoms with van der Waals surface area (Å²) >= 11 is 0. The second-order valence-corrected chi connectivity index (χ2v) is 8.08. The Morgan fingerprint density at radius 2 is 1.71 bits per heavy atom. The molecule has 1 aliphatic rings. The number of hydrogen-bond acceptors (Lipinski definition) is 4. The molecule has 0 atom stereocenters. The number of ketones is 1. The molecule has 154 valence electrons. The molecule has 5 rings (SSSR count). The van der Waals surface area contributed by atoms with Crippen LogP contribution in [0.15, 0.2) is 83.7 Å². The summed E-state index contributed by atoms with van der Waals surface area (Å²) in [5.41, 5.74) is 2.31. The Labute approximate surface area is 180 Å². The first-order valence-electron chi connectivity index (χ1n) is 10.6. The van der Waals surface area contributed by atoms with Crippen LogP contribution in [0.2, 0.25) is 0 Å². The van der Waals surface area contributed by atoms with Gasteiger partial charge in [-0.25, -0.2) is 0 Å². The zero-order valence-electron chi connectivity index (χ0n) is 17.4. The summed E-state index contributed by atoms with van der Waals surface area (Å²) < 4.78 is 0. The van der Waals surface area contributed by atoms with Gasteiger partial charge in [-0.1, -0.05) is 66.7 Å². The Morgan fingerprint density at radius 3 is 2.45 bits per heavy atom. The predicted molar refractivity (Wildman–Crippen MR) is 123 cm³/mol. The quantitative estimate of drug-likeness (QED) is 0.423. The number of rotatable bonds is 6. The highest BCUT2D eigenvalue weighted by Gasteiger charge is 2.28. The van der Waals surface area contributed by atoms with E-state index < -0.39 is 0 Å². The molecular weight excluding hydrogens is 386 g/mol. The molecule has 1 fully saturated rings. The normalized spacial score (nSPS) is 13.3. The number of fused-ring (bicyclic) bond motifs is 1. The largest absolute Gasteiger partial charge is 0.294 e. The van der Waals surface area contributed by atoms with Crippen LogP contribution in [0.4, 0.5) is 5.69 Å². The number of aromatic nitrogens is 2. The Hall–Kier alpha value is -3.73. The van der Waals surface area contributed by atoms with Gasteiger partial charge in [-0.05, 0) is 37.1 Å². The standard InChI is InChI=1S/C26H23N3O2/c1-18(30)23-16-25(31)29(27-26(23)21-9-3-2-4-10-21)28(17-19-14-15-19)24-13-7-11-20-8-5-6-12-22(20)24/h2-13,16,19H,14-15,17H2,1H3. The van der Waals surface area contributed by atoms with E-state index in [2.05, 4.69) is 18.2 Å². The highest BCUT2D eigenvalue weighted by Crippen LogP contribution is 2.34.